The number of hydrogen-bond acceptors (Lipinski definition) is 2. The predicted octanol–water partition coefficient (Wildman–Crippen LogP) is 0.321. The summed E-state index contributed by atoms with van der Waals surface area (Å²) < 4.78 is 6.01. The van der Waals surface area contributed by atoms with Gasteiger partial charge in [0, 0.05) is 5.56 Å². The van der Waals surface area contributed by atoms with Crippen LogP contribution in [0.25, 0.3) is 0 Å². The second-order valence-electron chi connectivity index (χ2n) is 6.25. The Hall–Kier alpha value is -0.330. The van der Waals surface area contributed by atoms with Crippen molar-refractivity contribution in [2.24, 2.45) is 5.92 Å². The Labute approximate surface area is 138 Å². The summed E-state index contributed by atoms with van der Waals surface area (Å²) in [4.78, 5) is 6.29. The van der Waals surface area contributed by atoms with Crippen LogP contribution in [0.4, 0.5) is 0 Å². The Morgan fingerprint density at radius 3 is 2.70 bits per heavy atom. The van der Waals surface area contributed by atoms with E-state index in [0.29, 0.717) is 22.7 Å². The van der Waals surface area contributed by atoms with E-state index in [1.165, 1.54) is 31.2 Å². The van der Waals surface area contributed by atoms with Gasteiger partial charge in [-0.3, -0.25) is 0 Å². The van der Waals surface area contributed by atoms with E-state index in [0.717, 1.165) is 5.75 Å². The maximum atomic E-state index is 6.29. The number of methoxy groups -OCH3 is 1. The Morgan fingerprint density at radius 1 is 1.20 bits per heavy atom. The zero-order valence-electron chi connectivity index (χ0n) is 12.5. The Balaban J connectivity index is 0.00000147. The first-order chi connectivity index (χ1) is 9.12. The average Bonchev–Trinajstić information content (AvgIpc) is 2.68. The maximum Gasteiger partial charge on any atom is 0.150 e. The minimum absolute atomic E-state index is 0. The van der Waals surface area contributed by atoms with Crippen molar-refractivity contribution in [3.8, 4) is 5.75 Å². The van der Waals surface area contributed by atoms with Crippen LogP contribution >= 0.6 is 0 Å². The lowest BCUT2D eigenvalue weighted by Gasteiger charge is -2.30. The van der Waals surface area contributed by atoms with Crippen LogP contribution < -0.4 is 28.7 Å². The van der Waals surface area contributed by atoms with Crippen LogP contribution in [-0.2, 0) is 4.84 Å². The van der Waals surface area contributed by atoms with Crippen molar-refractivity contribution >= 4 is 0 Å². The molecule has 1 heterocycles. The fourth-order valence-corrected chi connectivity index (χ4v) is 3.92. The van der Waals surface area contributed by atoms with Crippen molar-refractivity contribution in [1.82, 2.24) is 0 Å². The highest BCUT2D eigenvalue weighted by Gasteiger charge is 2.52. The molecule has 0 bridgehead atoms. The Kier molecular flexibility index (Phi) is 4.97. The fraction of sp³-hybridized carbons (Fsp3) is 0.625. The van der Waals surface area contributed by atoms with Crippen molar-refractivity contribution < 1.29 is 38.2 Å². The third-order valence-electron chi connectivity index (χ3n) is 4.67. The third kappa shape index (κ3) is 2.83. The zero-order chi connectivity index (χ0) is 13.5. The van der Waals surface area contributed by atoms with E-state index >= 15 is 0 Å². The van der Waals surface area contributed by atoms with Crippen molar-refractivity contribution in [1.29, 1.82) is 0 Å². The first-order valence-electron chi connectivity index (χ1n) is 7.28. The minimum atomic E-state index is 0. The summed E-state index contributed by atoms with van der Waals surface area (Å²) in [5.41, 5.74) is 1.35. The number of hydrogen-bond donors (Lipinski definition) is 0. The molecule has 2 aliphatic rings. The number of quaternary nitrogens is 1. The minimum Gasteiger partial charge on any atom is -1.00 e. The van der Waals surface area contributed by atoms with E-state index < -0.39 is 0 Å². The Morgan fingerprint density at radius 2 is 1.95 bits per heavy atom. The molecule has 0 spiro atoms. The van der Waals surface area contributed by atoms with Crippen LogP contribution in [0.5, 0.6) is 5.75 Å². The van der Waals surface area contributed by atoms with Gasteiger partial charge in [-0.15, -0.1) is 0 Å². The third-order valence-corrected chi connectivity index (χ3v) is 4.67. The lowest BCUT2D eigenvalue weighted by atomic mass is 9.79. The molecule has 0 radical (unpaired) electrons. The molecule has 1 saturated carbocycles. The molecular weight excluding hydrogens is 365 g/mol. The van der Waals surface area contributed by atoms with Gasteiger partial charge in [-0.1, -0.05) is 25.0 Å². The zero-order valence-corrected chi connectivity index (χ0v) is 14.7. The molecule has 4 heteroatoms. The number of fused-ring (bicyclic) bond motifs is 1. The molecule has 3 nitrogen and oxygen atoms in total. The van der Waals surface area contributed by atoms with Crippen LogP contribution in [0.2, 0.25) is 0 Å². The molecule has 1 aliphatic carbocycles. The number of benzene rings is 1. The van der Waals surface area contributed by atoms with E-state index in [1.54, 1.807) is 7.11 Å². The number of halogens is 1. The van der Waals surface area contributed by atoms with Gasteiger partial charge in [-0.25, -0.2) is 0 Å². The number of ether oxygens (including phenoxy) is 1. The van der Waals surface area contributed by atoms with E-state index in [2.05, 4.69) is 32.3 Å². The standard InChI is InChI=1S/C16H24NO2.HI/c1-17(2)16(12-7-6-8-13(11-12)18-3)14-9-4-5-10-15(14)19-17;/h6-8,11,14-16H,4-5,9-10H2,1-3H3;1H/q+1;/p-1. The van der Waals surface area contributed by atoms with Crippen molar-refractivity contribution in [3.63, 3.8) is 0 Å². The van der Waals surface area contributed by atoms with Crippen LogP contribution in [0.1, 0.15) is 37.3 Å². The van der Waals surface area contributed by atoms with Gasteiger partial charge < -0.3 is 28.7 Å². The molecule has 1 aromatic carbocycles. The first-order valence-corrected chi connectivity index (χ1v) is 7.28. The van der Waals surface area contributed by atoms with E-state index in [9.17, 15) is 0 Å². The van der Waals surface area contributed by atoms with Crippen LogP contribution in [0, 0.1) is 5.92 Å². The summed E-state index contributed by atoms with van der Waals surface area (Å²) in [6, 6.07) is 8.92. The van der Waals surface area contributed by atoms with E-state index in [4.69, 9.17) is 9.57 Å². The highest BCUT2D eigenvalue weighted by Crippen LogP contribution is 2.49. The summed E-state index contributed by atoms with van der Waals surface area (Å²) in [7, 11) is 6.10. The van der Waals surface area contributed by atoms with Crippen molar-refractivity contribution in [2.75, 3.05) is 21.2 Å². The van der Waals surface area contributed by atoms with Gasteiger partial charge in [-0.05, 0) is 25.0 Å². The average molecular weight is 389 g/mol. The summed E-state index contributed by atoms with van der Waals surface area (Å²) in [6.45, 7) is 0. The monoisotopic (exact) mass is 389 g/mol. The fourth-order valence-electron chi connectivity index (χ4n) is 3.92. The number of rotatable bonds is 2. The molecule has 2 fully saturated rings. The molecule has 3 rings (SSSR count). The van der Waals surface area contributed by atoms with Gasteiger partial charge in [0.1, 0.15) is 17.9 Å². The molecule has 3 unspecified atom stereocenters. The van der Waals surface area contributed by atoms with Crippen LogP contribution in [0.15, 0.2) is 24.3 Å². The second kappa shape index (κ2) is 6.20. The summed E-state index contributed by atoms with van der Waals surface area (Å²) in [5.74, 6) is 1.59. The summed E-state index contributed by atoms with van der Waals surface area (Å²) in [6.07, 6.45) is 5.58. The molecular formula is C16H24INO2. The molecule has 1 saturated heterocycles. The summed E-state index contributed by atoms with van der Waals surface area (Å²) in [5, 5.41) is 0. The summed E-state index contributed by atoms with van der Waals surface area (Å²) >= 11 is 0. The van der Waals surface area contributed by atoms with E-state index in [-0.39, 0.29) is 24.0 Å². The van der Waals surface area contributed by atoms with Crippen LogP contribution in [0.3, 0.4) is 0 Å². The largest absolute Gasteiger partial charge is 1.00 e. The molecule has 20 heavy (non-hydrogen) atoms. The van der Waals surface area contributed by atoms with Crippen molar-refractivity contribution in [2.45, 2.75) is 37.8 Å². The maximum absolute atomic E-state index is 6.29. The quantitative estimate of drug-likeness (QED) is 0.536. The van der Waals surface area contributed by atoms with Gasteiger partial charge in [0.15, 0.2) is 0 Å². The molecule has 1 aliphatic heterocycles. The van der Waals surface area contributed by atoms with E-state index in [1.807, 2.05) is 6.07 Å². The van der Waals surface area contributed by atoms with Gasteiger partial charge in [0.25, 0.3) is 0 Å². The molecule has 1 aromatic rings. The normalized spacial score (nSPS) is 31.2. The predicted molar refractivity (Wildman–Crippen MR) is 74.7 cm³/mol. The highest BCUT2D eigenvalue weighted by molar-refractivity contribution is 5.30. The van der Waals surface area contributed by atoms with Gasteiger partial charge in [0.2, 0.25) is 0 Å². The lowest BCUT2D eigenvalue weighted by Crippen LogP contribution is -3.00. The molecule has 0 aromatic heterocycles. The molecule has 0 amide bonds. The number of nitrogens with zero attached hydrogens (tertiary/aromatic N) is 1. The van der Waals surface area contributed by atoms with Gasteiger partial charge >= 0.3 is 0 Å². The molecule has 3 atom stereocenters. The van der Waals surface area contributed by atoms with Gasteiger partial charge in [0.05, 0.1) is 27.1 Å². The lowest BCUT2D eigenvalue weighted by molar-refractivity contribution is -1.09. The van der Waals surface area contributed by atoms with Crippen LogP contribution in [-0.4, -0.2) is 32.0 Å². The second-order valence-corrected chi connectivity index (χ2v) is 6.25. The smallest absolute Gasteiger partial charge is 0.150 e. The van der Waals surface area contributed by atoms with Gasteiger partial charge in [-0.2, -0.15) is 9.48 Å². The Bertz CT molecular complexity index is 464. The molecule has 112 valence electrons. The molecule has 0 N–H and O–H groups in total. The SMILES string of the molecule is COc1cccc(C2C3CCCCC3O[N+]2(C)C)c1.[I-]. The van der Waals surface area contributed by atoms with Crippen molar-refractivity contribution in [3.05, 3.63) is 29.8 Å². The topological polar surface area (TPSA) is 18.5 Å². The first kappa shape index (κ1) is 16.0. The highest BCUT2D eigenvalue weighted by atomic mass is 127. The number of hydroxylamine groups is 3.